The predicted octanol–water partition coefficient (Wildman–Crippen LogP) is 4.84. The van der Waals surface area contributed by atoms with E-state index in [4.69, 9.17) is 21.1 Å². The highest BCUT2D eigenvalue weighted by Gasteiger charge is 2.50. The fraction of sp³-hybridized carbons (Fsp3) is 0.571. The van der Waals surface area contributed by atoms with Gasteiger partial charge in [0.25, 0.3) is 0 Å². The fourth-order valence-corrected chi connectivity index (χ4v) is 3.95. The minimum Gasteiger partial charge on any atom is -0.495 e. The van der Waals surface area contributed by atoms with Gasteiger partial charge in [-0.25, -0.2) is 0 Å². The van der Waals surface area contributed by atoms with Gasteiger partial charge in [0.2, 0.25) is 0 Å². The molecule has 0 aromatic heterocycles. The van der Waals surface area contributed by atoms with Crippen molar-refractivity contribution in [2.24, 2.45) is 11.3 Å². The van der Waals surface area contributed by atoms with Gasteiger partial charge in [0.15, 0.2) is 0 Å². The first-order chi connectivity index (χ1) is 8.42. The Hall–Kier alpha value is -0.410. The molecule has 1 saturated carbocycles. The molecule has 0 heterocycles. The smallest absolute Gasteiger partial charge is 0.145 e. The second-order valence-electron chi connectivity index (χ2n) is 5.41. The summed E-state index contributed by atoms with van der Waals surface area (Å²) in [5.74, 6) is 1.98. The van der Waals surface area contributed by atoms with Crippen molar-refractivity contribution in [3.63, 3.8) is 0 Å². The first-order valence-corrected chi connectivity index (χ1v) is 7.26. The molecule has 2 nitrogen and oxygen atoms in total. The van der Waals surface area contributed by atoms with Crippen molar-refractivity contribution < 1.29 is 9.47 Å². The number of ether oxygens (including phenoxy) is 2. The molecule has 1 aromatic carbocycles. The first-order valence-electron chi connectivity index (χ1n) is 5.97. The normalized spacial score (nSPS) is 22.4. The molecule has 0 bridgehead atoms. The molecule has 2 rings (SSSR count). The van der Waals surface area contributed by atoms with Gasteiger partial charge in [-0.2, -0.15) is 0 Å². The summed E-state index contributed by atoms with van der Waals surface area (Å²) >= 11 is 10.1. The van der Waals surface area contributed by atoms with Crippen LogP contribution in [0.25, 0.3) is 0 Å². The molecule has 2 atom stereocenters. The van der Waals surface area contributed by atoms with Gasteiger partial charge < -0.3 is 9.47 Å². The lowest BCUT2D eigenvalue weighted by molar-refractivity contribution is 0.389. The van der Waals surface area contributed by atoms with Gasteiger partial charge in [-0.1, -0.05) is 47.4 Å². The van der Waals surface area contributed by atoms with Gasteiger partial charge in [0, 0.05) is 10.4 Å². The highest BCUT2D eigenvalue weighted by Crippen LogP contribution is 2.62. The fourth-order valence-electron chi connectivity index (χ4n) is 2.36. The predicted molar refractivity (Wildman–Crippen MR) is 78.1 cm³/mol. The molecule has 100 valence electrons. The van der Waals surface area contributed by atoms with Crippen LogP contribution in [0.15, 0.2) is 12.1 Å². The number of halogens is 2. The van der Waals surface area contributed by atoms with Crippen LogP contribution in [0.2, 0.25) is 5.02 Å². The van der Waals surface area contributed by atoms with Crippen LogP contribution in [0.1, 0.15) is 30.7 Å². The van der Waals surface area contributed by atoms with Gasteiger partial charge in [0.05, 0.1) is 14.2 Å². The number of hydrogen-bond donors (Lipinski definition) is 0. The zero-order chi connectivity index (χ0) is 13.5. The van der Waals surface area contributed by atoms with Crippen LogP contribution in [0.5, 0.6) is 11.5 Å². The van der Waals surface area contributed by atoms with E-state index in [2.05, 4.69) is 29.8 Å². The molecule has 0 saturated heterocycles. The number of hydrogen-bond acceptors (Lipinski definition) is 2. The minimum atomic E-state index is 0.269. The third kappa shape index (κ3) is 2.35. The Morgan fingerprint density at radius 1 is 1.33 bits per heavy atom. The van der Waals surface area contributed by atoms with E-state index in [1.165, 1.54) is 6.42 Å². The highest BCUT2D eigenvalue weighted by atomic mass is 79.9. The Morgan fingerprint density at radius 2 is 1.94 bits per heavy atom. The van der Waals surface area contributed by atoms with Crippen LogP contribution < -0.4 is 9.47 Å². The SMILES string of the molecule is COc1ccc(C(Br)C2CC2(C)C)c(OC)c1Cl. The molecule has 0 amide bonds. The second kappa shape index (κ2) is 4.93. The van der Waals surface area contributed by atoms with Gasteiger partial charge in [0.1, 0.15) is 16.5 Å². The number of methoxy groups -OCH3 is 2. The molecule has 1 aliphatic rings. The summed E-state index contributed by atoms with van der Waals surface area (Å²) in [7, 11) is 3.25. The third-order valence-electron chi connectivity index (χ3n) is 3.76. The standard InChI is InChI=1S/C14H18BrClO2/c1-14(2)7-9(14)11(15)8-5-6-10(17-3)12(16)13(8)18-4/h5-6,9,11H,7H2,1-4H3. The third-order valence-corrected chi connectivity index (χ3v) is 5.25. The van der Waals surface area contributed by atoms with Gasteiger partial charge in [-0.15, -0.1) is 0 Å². The Kier molecular flexibility index (Phi) is 3.84. The van der Waals surface area contributed by atoms with Crippen molar-refractivity contribution >= 4 is 27.5 Å². The van der Waals surface area contributed by atoms with E-state index in [0.717, 1.165) is 5.56 Å². The highest BCUT2D eigenvalue weighted by molar-refractivity contribution is 9.09. The maximum Gasteiger partial charge on any atom is 0.145 e. The number of alkyl halides is 1. The molecule has 2 unspecified atom stereocenters. The van der Waals surface area contributed by atoms with Crippen molar-refractivity contribution in [2.45, 2.75) is 25.1 Å². The van der Waals surface area contributed by atoms with Crippen molar-refractivity contribution in [1.82, 2.24) is 0 Å². The van der Waals surface area contributed by atoms with E-state index >= 15 is 0 Å². The Bertz CT molecular complexity index is 459. The van der Waals surface area contributed by atoms with Crippen LogP contribution in [0.4, 0.5) is 0 Å². The summed E-state index contributed by atoms with van der Waals surface area (Å²) in [6, 6.07) is 3.92. The van der Waals surface area contributed by atoms with Crippen molar-refractivity contribution in [1.29, 1.82) is 0 Å². The van der Waals surface area contributed by atoms with E-state index in [9.17, 15) is 0 Å². The van der Waals surface area contributed by atoms with E-state index in [0.29, 0.717) is 27.9 Å². The van der Waals surface area contributed by atoms with E-state index in [1.807, 2.05) is 12.1 Å². The quantitative estimate of drug-likeness (QED) is 0.734. The molecule has 0 radical (unpaired) electrons. The largest absolute Gasteiger partial charge is 0.495 e. The molecule has 1 aromatic rings. The van der Waals surface area contributed by atoms with Crippen LogP contribution in [0, 0.1) is 11.3 Å². The zero-order valence-electron chi connectivity index (χ0n) is 11.1. The van der Waals surface area contributed by atoms with Crippen LogP contribution >= 0.6 is 27.5 Å². The molecular formula is C14H18BrClO2. The van der Waals surface area contributed by atoms with Crippen molar-refractivity contribution in [3.05, 3.63) is 22.7 Å². The summed E-state index contributed by atoms with van der Waals surface area (Å²) in [4.78, 5) is 0.269. The average Bonchev–Trinajstić information content (AvgIpc) is 2.97. The molecule has 4 heteroatoms. The second-order valence-corrected chi connectivity index (χ2v) is 6.77. The number of rotatable bonds is 4. The first kappa shape index (κ1) is 14.0. The maximum atomic E-state index is 6.28. The summed E-state index contributed by atoms with van der Waals surface area (Å²) in [5.41, 5.74) is 1.49. The van der Waals surface area contributed by atoms with E-state index < -0.39 is 0 Å². The molecule has 1 fully saturated rings. The van der Waals surface area contributed by atoms with Gasteiger partial charge in [-0.3, -0.25) is 0 Å². The van der Waals surface area contributed by atoms with Crippen LogP contribution in [0.3, 0.4) is 0 Å². The van der Waals surface area contributed by atoms with Gasteiger partial charge >= 0.3 is 0 Å². The molecule has 1 aliphatic carbocycles. The summed E-state index contributed by atoms with van der Waals surface area (Å²) < 4.78 is 10.7. The lowest BCUT2D eigenvalue weighted by Crippen LogP contribution is -2.02. The molecule has 0 spiro atoms. The van der Waals surface area contributed by atoms with Gasteiger partial charge in [-0.05, 0) is 23.8 Å². The lowest BCUT2D eigenvalue weighted by atomic mass is 10.0. The summed E-state index contributed by atoms with van der Waals surface area (Å²) in [5, 5.41) is 0.542. The lowest BCUT2D eigenvalue weighted by Gasteiger charge is -2.18. The molecular weight excluding hydrogens is 316 g/mol. The topological polar surface area (TPSA) is 18.5 Å². The Labute approximate surface area is 122 Å². The maximum absolute atomic E-state index is 6.28. The Morgan fingerprint density at radius 3 is 2.39 bits per heavy atom. The zero-order valence-corrected chi connectivity index (χ0v) is 13.4. The number of benzene rings is 1. The average molecular weight is 334 g/mol. The van der Waals surface area contributed by atoms with Crippen LogP contribution in [-0.2, 0) is 0 Å². The summed E-state index contributed by atoms with van der Waals surface area (Å²) in [6.45, 7) is 4.56. The molecule has 0 N–H and O–H groups in total. The minimum absolute atomic E-state index is 0.269. The van der Waals surface area contributed by atoms with Crippen molar-refractivity contribution in [2.75, 3.05) is 14.2 Å². The molecule has 0 aliphatic heterocycles. The van der Waals surface area contributed by atoms with Crippen LogP contribution in [-0.4, -0.2) is 14.2 Å². The van der Waals surface area contributed by atoms with Crippen molar-refractivity contribution in [3.8, 4) is 11.5 Å². The van der Waals surface area contributed by atoms with E-state index in [1.54, 1.807) is 14.2 Å². The Balaban J connectivity index is 2.36. The molecule has 18 heavy (non-hydrogen) atoms. The van der Waals surface area contributed by atoms with E-state index in [-0.39, 0.29) is 4.83 Å². The monoisotopic (exact) mass is 332 g/mol. The summed E-state index contributed by atoms with van der Waals surface area (Å²) in [6.07, 6.45) is 1.22.